The third kappa shape index (κ3) is 0.778. The molecule has 7 heavy (non-hydrogen) atoms. The predicted molar refractivity (Wildman–Crippen MR) is 28.7 cm³/mol. The van der Waals surface area contributed by atoms with Crippen LogP contribution in [0.5, 0.6) is 0 Å². The van der Waals surface area contributed by atoms with Crippen molar-refractivity contribution in [3.8, 4) is 0 Å². The van der Waals surface area contributed by atoms with Crippen LogP contribution in [0.15, 0.2) is 0 Å². The second kappa shape index (κ2) is 1.48. The molecule has 1 rings (SSSR count). The summed E-state index contributed by atoms with van der Waals surface area (Å²) < 4.78 is 5.07. The lowest BCUT2D eigenvalue weighted by Gasteiger charge is -1.99. The van der Waals surface area contributed by atoms with Gasteiger partial charge in [-0.1, -0.05) is 13.8 Å². The molecule has 1 fully saturated rings. The van der Waals surface area contributed by atoms with Crippen LogP contribution in [0.1, 0.15) is 26.7 Å². The van der Waals surface area contributed by atoms with Gasteiger partial charge in [0.2, 0.25) is 0 Å². The van der Waals surface area contributed by atoms with E-state index in [0.717, 1.165) is 12.8 Å². The summed E-state index contributed by atoms with van der Waals surface area (Å²) in [6.07, 6.45) is 2.26. The van der Waals surface area contributed by atoms with Gasteiger partial charge < -0.3 is 4.74 Å². The molecule has 0 atom stereocenters. The van der Waals surface area contributed by atoms with Crippen LogP contribution in [0.3, 0.4) is 0 Å². The van der Waals surface area contributed by atoms with Gasteiger partial charge in [-0.05, 0) is 12.8 Å². The lowest BCUT2D eigenvalue weighted by molar-refractivity contribution is 0.293. The van der Waals surface area contributed by atoms with Crippen molar-refractivity contribution < 1.29 is 4.74 Å². The summed E-state index contributed by atoms with van der Waals surface area (Å²) in [6, 6.07) is 0. The smallest absolute Gasteiger partial charge is 0.116 e. The molecule has 1 saturated heterocycles. The molecule has 0 aromatic heterocycles. The van der Waals surface area contributed by atoms with Crippen molar-refractivity contribution in [2.45, 2.75) is 32.3 Å². The fraction of sp³-hybridized carbons (Fsp3) is 0.833. The lowest BCUT2D eigenvalue weighted by Crippen LogP contribution is -2.03. The number of hydrogen-bond acceptors (Lipinski definition) is 1. The average Bonchev–Trinajstić information content (AvgIpc) is 2.46. The first-order valence-electron chi connectivity index (χ1n) is 2.85. The number of epoxide rings is 1. The zero-order valence-electron chi connectivity index (χ0n) is 4.90. The molecular weight excluding hydrogens is 88.1 g/mol. The summed E-state index contributed by atoms with van der Waals surface area (Å²) in [7, 11) is 0. The first-order chi connectivity index (χ1) is 3.33. The lowest BCUT2D eigenvalue weighted by atomic mass is 10.1. The average molecular weight is 99.2 g/mol. The normalized spacial score (nSPS) is 24.9. The third-order valence-corrected chi connectivity index (χ3v) is 1.65. The van der Waals surface area contributed by atoms with Gasteiger partial charge >= 0.3 is 0 Å². The Morgan fingerprint density at radius 2 is 1.86 bits per heavy atom. The molecule has 0 aliphatic carbocycles. The molecule has 1 aliphatic heterocycles. The van der Waals surface area contributed by atoms with Crippen LogP contribution in [0, 0.1) is 6.61 Å². The number of hydrogen-bond donors (Lipinski definition) is 0. The zero-order valence-corrected chi connectivity index (χ0v) is 4.90. The van der Waals surface area contributed by atoms with E-state index >= 15 is 0 Å². The van der Waals surface area contributed by atoms with Gasteiger partial charge in [0.15, 0.2) is 0 Å². The first kappa shape index (κ1) is 5.10. The summed E-state index contributed by atoms with van der Waals surface area (Å²) in [5.41, 5.74) is 0.208. The highest BCUT2D eigenvalue weighted by Gasteiger charge is 2.41. The Bertz CT molecular complexity index is 58.6. The quantitative estimate of drug-likeness (QED) is 0.480. The van der Waals surface area contributed by atoms with E-state index in [2.05, 4.69) is 13.8 Å². The van der Waals surface area contributed by atoms with Crippen LogP contribution < -0.4 is 0 Å². The SMILES string of the molecule is CCC1(CC)[CH]O1. The predicted octanol–water partition coefficient (Wildman–Crippen LogP) is 1.74. The molecule has 0 spiro atoms. The molecule has 1 heterocycles. The highest BCUT2D eigenvalue weighted by molar-refractivity contribution is 5.00. The van der Waals surface area contributed by atoms with Crippen molar-refractivity contribution in [3.63, 3.8) is 0 Å². The topological polar surface area (TPSA) is 12.5 Å². The minimum absolute atomic E-state index is 0.208. The van der Waals surface area contributed by atoms with Gasteiger partial charge in [-0.25, -0.2) is 0 Å². The third-order valence-electron chi connectivity index (χ3n) is 1.65. The van der Waals surface area contributed by atoms with Gasteiger partial charge in [0.1, 0.15) is 6.61 Å². The summed E-state index contributed by atoms with van der Waals surface area (Å²) in [4.78, 5) is 0. The monoisotopic (exact) mass is 99.1 g/mol. The minimum Gasteiger partial charge on any atom is -0.363 e. The molecule has 1 aliphatic rings. The Hall–Kier alpha value is -0.0400. The maximum absolute atomic E-state index is 5.07. The summed E-state index contributed by atoms with van der Waals surface area (Å²) in [5.74, 6) is 0. The standard InChI is InChI=1S/C6H11O/c1-3-6(4-2)5-7-6/h5H,3-4H2,1-2H3. The fourth-order valence-corrected chi connectivity index (χ4v) is 0.667. The second-order valence-electron chi connectivity index (χ2n) is 2.01. The van der Waals surface area contributed by atoms with Gasteiger partial charge in [-0.3, -0.25) is 0 Å². The van der Waals surface area contributed by atoms with E-state index in [1.54, 1.807) is 0 Å². The van der Waals surface area contributed by atoms with Crippen LogP contribution in [-0.4, -0.2) is 5.60 Å². The van der Waals surface area contributed by atoms with E-state index in [1.165, 1.54) is 0 Å². The fourth-order valence-electron chi connectivity index (χ4n) is 0.667. The van der Waals surface area contributed by atoms with Crippen molar-refractivity contribution in [1.29, 1.82) is 0 Å². The molecule has 41 valence electrons. The Morgan fingerprint density at radius 1 is 1.43 bits per heavy atom. The molecule has 0 N–H and O–H groups in total. The largest absolute Gasteiger partial charge is 0.363 e. The number of ether oxygens (including phenoxy) is 1. The van der Waals surface area contributed by atoms with Crippen LogP contribution in [0.25, 0.3) is 0 Å². The van der Waals surface area contributed by atoms with E-state index in [9.17, 15) is 0 Å². The van der Waals surface area contributed by atoms with Crippen LogP contribution in [-0.2, 0) is 4.74 Å². The molecule has 0 unspecified atom stereocenters. The van der Waals surface area contributed by atoms with E-state index in [-0.39, 0.29) is 5.60 Å². The molecule has 0 amide bonds. The molecule has 0 saturated carbocycles. The van der Waals surface area contributed by atoms with Crippen LogP contribution >= 0.6 is 0 Å². The molecule has 0 aromatic rings. The van der Waals surface area contributed by atoms with Crippen LogP contribution in [0.2, 0.25) is 0 Å². The summed E-state index contributed by atoms with van der Waals surface area (Å²) >= 11 is 0. The maximum Gasteiger partial charge on any atom is 0.116 e. The van der Waals surface area contributed by atoms with Crippen LogP contribution in [0.4, 0.5) is 0 Å². The molecule has 1 radical (unpaired) electrons. The van der Waals surface area contributed by atoms with Gasteiger partial charge in [-0.2, -0.15) is 0 Å². The van der Waals surface area contributed by atoms with E-state index in [0.29, 0.717) is 0 Å². The van der Waals surface area contributed by atoms with Gasteiger partial charge in [0, 0.05) is 0 Å². The molecule has 0 bridgehead atoms. The minimum atomic E-state index is 0.208. The second-order valence-corrected chi connectivity index (χ2v) is 2.01. The zero-order chi connectivity index (χ0) is 5.33. The summed E-state index contributed by atoms with van der Waals surface area (Å²) in [5, 5.41) is 0. The number of rotatable bonds is 2. The van der Waals surface area contributed by atoms with E-state index < -0.39 is 0 Å². The highest BCUT2D eigenvalue weighted by atomic mass is 16.6. The van der Waals surface area contributed by atoms with Gasteiger partial charge in [0.05, 0.1) is 5.60 Å². The van der Waals surface area contributed by atoms with Crippen molar-refractivity contribution in [2.24, 2.45) is 0 Å². The highest BCUT2D eigenvalue weighted by Crippen LogP contribution is 2.38. The molecular formula is C6H11O. The van der Waals surface area contributed by atoms with Crippen molar-refractivity contribution >= 4 is 0 Å². The van der Waals surface area contributed by atoms with E-state index in [1.807, 2.05) is 6.61 Å². The Kier molecular flexibility index (Phi) is 1.08. The maximum atomic E-state index is 5.07. The van der Waals surface area contributed by atoms with Crippen molar-refractivity contribution in [3.05, 3.63) is 6.61 Å². The van der Waals surface area contributed by atoms with Crippen molar-refractivity contribution in [1.82, 2.24) is 0 Å². The Balaban J connectivity index is 2.28. The molecule has 1 nitrogen and oxygen atoms in total. The van der Waals surface area contributed by atoms with Crippen molar-refractivity contribution in [2.75, 3.05) is 0 Å². The van der Waals surface area contributed by atoms with Gasteiger partial charge in [-0.15, -0.1) is 0 Å². The first-order valence-corrected chi connectivity index (χ1v) is 2.85. The Morgan fingerprint density at radius 3 is 1.86 bits per heavy atom. The van der Waals surface area contributed by atoms with Gasteiger partial charge in [0.25, 0.3) is 0 Å². The molecule has 1 heteroatoms. The summed E-state index contributed by atoms with van der Waals surface area (Å²) in [6.45, 7) is 6.22. The Labute approximate surface area is 44.7 Å². The molecule has 0 aromatic carbocycles. The van der Waals surface area contributed by atoms with E-state index in [4.69, 9.17) is 4.74 Å².